The van der Waals surface area contributed by atoms with Crippen molar-refractivity contribution in [1.82, 2.24) is 9.78 Å². The summed E-state index contributed by atoms with van der Waals surface area (Å²) in [5.41, 5.74) is 6.97. The van der Waals surface area contributed by atoms with Crippen LogP contribution in [0.5, 0.6) is 5.75 Å². The summed E-state index contributed by atoms with van der Waals surface area (Å²) in [6.07, 6.45) is 1.71. The number of aromatic nitrogens is 2. The number of para-hydroxylation sites is 1. The summed E-state index contributed by atoms with van der Waals surface area (Å²) < 4.78 is 6.65. The highest BCUT2D eigenvalue weighted by Gasteiger charge is 2.16. The van der Waals surface area contributed by atoms with Gasteiger partial charge in [-0.05, 0) is 18.2 Å². The summed E-state index contributed by atoms with van der Waals surface area (Å²) in [5.74, 6) is 0.286. The molecule has 2 rings (SSSR count). The molecule has 0 aliphatic heterocycles. The van der Waals surface area contributed by atoms with Gasteiger partial charge in [-0.1, -0.05) is 6.07 Å². The van der Waals surface area contributed by atoms with Gasteiger partial charge in [0.2, 0.25) is 5.78 Å². The molecule has 0 aliphatic carbocycles. The number of carbonyl (C=O) groups excluding carboxylic acids is 1. The number of ketones is 1. The Balaban J connectivity index is 2.44. The Morgan fingerprint density at radius 3 is 2.76 bits per heavy atom. The molecule has 0 amide bonds. The van der Waals surface area contributed by atoms with Crippen molar-refractivity contribution in [3.05, 3.63) is 41.7 Å². The van der Waals surface area contributed by atoms with Gasteiger partial charge in [0.25, 0.3) is 0 Å². The smallest absolute Gasteiger partial charge is 0.215 e. The Hall–Kier alpha value is -2.30. The summed E-state index contributed by atoms with van der Waals surface area (Å²) in [5, 5.41) is 4.05. The van der Waals surface area contributed by atoms with E-state index in [0.717, 1.165) is 0 Å². The third kappa shape index (κ3) is 1.99. The number of methoxy groups -OCH3 is 1. The highest BCUT2D eigenvalue weighted by molar-refractivity contribution is 6.11. The topological polar surface area (TPSA) is 70.1 Å². The van der Waals surface area contributed by atoms with Crippen molar-refractivity contribution in [2.45, 2.75) is 0 Å². The van der Waals surface area contributed by atoms with E-state index in [1.807, 2.05) is 0 Å². The van der Waals surface area contributed by atoms with Gasteiger partial charge in [-0.3, -0.25) is 9.48 Å². The van der Waals surface area contributed by atoms with Gasteiger partial charge in [-0.2, -0.15) is 5.10 Å². The summed E-state index contributed by atoms with van der Waals surface area (Å²) in [6.45, 7) is 0. The Labute approximate surface area is 98.8 Å². The predicted octanol–water partition coefficient (Wildman–Crippen LogP) is 1.24. The maximum absolute atomic E-state index is 12.1. The number of hydrogen-bond donors (Lipinski definition) is 1. The van der Waals surface area contributed by atoms with E-state index in [0.29, 0.717) is 22.7 Å². The molecule has 1 aromatic heterocycles. The van der Waals surface area contributed by atoms with Gasteiger partial charge in [0.15, 0.2) is 0 Å². The molecule has 0 saturated carbocycles. The predicted molar refractivity (Wildman–Crippen MR) is 64.0 cm³/mol. The Bertz CT molecular complexity index is 561. The van der Waals surface area contributed by atoms with Crippen LogP contribution in [0.3, 0.4) is 0 Å². The zero-order valence-corrected chi connectivity index (χ0v) is 9.68. The molecule has 2 aromatic rings. The molecule has 0 spiro atoms. The zero-order chi connectivity index (χ0) is 12.4. The Morgan fingerprint density at radius 2 is 2.18 bits per heavy atom. The van der Waals surface area contributed by atoms with Gasteiger partial charge in [0, 0.05) is 13.2 Å². The van der Waals surface area contributed by atoms with Gasteiger partial charge >= 0.3 is 0 Å². The van der Waals surface area contributed by atoms with Crippen molar-refractivity contribution >= 4 is 11.5 Å². The number of nitrogen functional groups attached to an aromatic ring is 1. The summed E-state index contributed by atoms with van der Waals surface area (Å²) in [7, 11) is 3.27. The van der Waals surface area contributed by atoms with Crippen LogP contribution in [0.25, 0.3) is 0 Å². The van der Waals surface area contributed by atoms with Crippen LogP contribution in [0, 0.1) is 0 Å². The fraction of sp³-hybridized carbons (Fsp3) is 0.167. The molecule has 1 heterocycles. The van der Waals surface area contributed by atoms with Crippen LogP contribution in [0.1, 0.15) is 16.1 Å². The molecular formula is C12H13N3O2. The SMILES string of the molecule is COc1cccc(C(=O)c2ccn(C)n2)c1N. The average Bonchev–Trinajstić information content (AvgIpc) is 2.75. The number of anilines is 1. The Kier molecular flexibility index (Phi) is 2.82. The molecule has 0 fully saturated rings. The van der Waals surface area contributed by atoms with Gasteiger partial charge in [0.05, 0.1) is 18.4 Å². The lowest BCUT2D eigenvalue weighted by atomic mass is 10.1. The van der Waals surface area contributed by atoms with Gasteiger partial charge in [0.1, 0.15) is 11.4 Å². The molecule has 0 atom stereocenters. The van der Waals surface area contributed by atoms with Gasteiger partial charge in [-0.15, -0.1) is 0 Å². The molecule has 17 heavy (non-hydrogen) atoms. The average molecular weight is 231 g/mol. The minimum absolute atomic E-state index is 0.206. The van der Waals surface area contributed by atoms with Crippen molar-refractivity contribution in [3.63, 3.8) is 0 Å². The van der Waals surface area contributed by atoms with Crippen LogP contribution in [-0.2, 0) is 7.05 Å². The lowest BCUT2D eigenvalue weighted by Gasteiger charge is -2.07. The molecule has 5 nitrogen and oxygen atoms in total. The number of ether oxygens (including phenoxy) is 1. The van der Waals surface area contributed by atoms with Crippen LogP contribution in [0.2, 0.25) is 0 Å². The molecule has 2 N–H and O–H groups in total. The Morgan fingerprint density at radius 1 is 1.41 bits per heavy atom. The molecule has 5 heteroatoms. The van der Waals surface area contributed by atoms with Crippen molar-refractivity contribution < 1.29 is 9.53 Å². The van der Waals surface area contributed by atoms with E-state index in [1.165, 1.54) is 7.11 Å². The van der Waals surface area contributed by atoms with Crippen LogP contribution in [0.15, 0.2) is 30.5 Å². The highest BCUT2D eigenvalue weighted by Crippen LogP contribution is 2.26. The second kappa shape index (κ2) is 4.29. The first-order valence-corrected chi connectivity index (χ1v) is 5.10. The minimum atomic E-state index is -0.206. The van der Waals surface area contributed by atoms with Crippen molar-refractivity contribution in [2.24, 2.45) is 7.05 Å². The first kappa shape index (κ1) is 11.2. The molecule has 88 valence electrons. The van der Waals surface area contributed by atoms with Crippen LogP contribution in [-0.4, -0.2) is 22.7 Å². The number of hydrogen-bond acceptors (Lipinski definition) is 4. The minimum Gasteiger partial charge on any atom is -0.495 e. The maximum atomic E-state index is 12.1. The monoisotopic (exact) mass is 231 g/mol. The fourth-order valence-corrected chi connectivity index (χ4v) is 1.59. The molecule has 0 aliphatic rings. The molecular weight excluding hydrogens is 218 g/mol. The maximum Gasteiger partial charge on any atom is 0.215 e. The van der Waals surface area contributed by atoms with Gasteiger partial charge in [-0.25, -0.2) is 0 Å². The summed E-state index contributed by atoms with van der Waals surface area (Å²) in [4.78, 5) is 12.1. The highest BCUT2D eigenvalue weighted by atomic mass is 16.5. The number of nitrogens with zero attached hydrogens (tertiary/aromatic N) is 2. The van der Waals surface area contributed by atoms with Crippen LogP contribution >= 0.6 is 0 Å². The number of benzene rings is 1. The van der Waals surface area contributed by atoms with Crippen molar-refractivity contribution in [1.29, 1.82) is 0 Å². The van der Waals surface area contributed by atoms with Crippen LogP contribution in [0.4, 0.5) is 5.69 Å². The molecule has 1 aromatic carbocycles. The quantitative estimate of drug-likeness (QED) is 0.637. The number of aryl methyl sites for hydroxylation is 1. The number of carbonyl (C=O) groups is 1. The first-order chi connectivity index (χ1) is 8.13. The lowest BCUT2D eigenvalue weighted by molar-refractivity contribution is 0.103. The normalized spacial score (nSPS) is 10.2. The fourth-order valence-electron chi connectivity index (χ4n) is 1.59. The third-order valence-corrected chi connectivity index (χ3v) is 2.48. The summed E-state index contributed by atoms with van der Waals surface area (Å²) >= 11 is 0. The molecule has 0 unspecified atom stereocenters. The molecule has 0 saturated heterocycles. The summed E-state index contributed by atoms with van der Waals surface area (Å²) in [6, 6.07) is 6.76. The second-order valence-corrected chi connectivity index (χ2v) is 3.63. The van der Waals surface area contributed by atoms with E-state index in [-0.39, 0.29) is 5.78 Å². The van der Waals surface area contributed by atoms with E-state index in [4.69, 9.17) is 10.5 Å². The van der Waals surface area contributed by atoms with Crippen LogP contribution < -0.4 is 10.5 Å². The van der Waals surface area contributed by atoms with E-state index >= 15 is 0 Å². The molecule has 0 radical (unpaired) electrons. The largest absolute Gasteiger partial charge is 0.495 e. The molecule has 0 bridgehead atoms. The number of rotatable bonds is 3. The van der Waals surface area contributed by atoms with E-state index in [1.54, 1.807) is 42.2 Å². The second-order valence-electron chi connectivity index (χ2n) is 3.63. The van der Waals surface area contributed by atoms with Crippen molar-refractivity contribution in [2.75, 3.05) is 12.8 Å². The zero-order valence-electron chi connectivity index (χ0n) is 9.68. The lowest BCUT2D eigenvalue weighted by Crippen LogP contribution is -2.07. The number of nitrogens with two attached hydrogens (primary N) is 1. The van der Waals surface area contributed by atoms with Crippen molar-refractivity contribution in [3.8, 4) is 5.75 Å². The van der Waals surface area contributed by atoms with Gasteiger partial charge < -0.3 is 10.5 Å². The standard InChI is InChI=1S/C12H13N3O2/c1-15-7-6-9(14-15)12(16)8-4-3-5-10(17-2)11(8)13/h3-7H,13H2,1-2H3. The van der Waals surface area contributed by atoms with E-state index < -0.39 is 0 Å². The third-order valence-electron chi connectivity index (χ3n) is 2.48. The van der Waals surface area contributed by atoms with E-state index in [2.05, 4.69) is 5.10 Å². The van der Waals surface area contributed by atoms with E-state index in [9.17, 15) is 4.79 Å². The first-order valence-electron chi connectivity index (χ1n) is 5.10.